The molecule has 0 aliphatic heterocycles. The van der Waals surface area contributed by atoms with Crippen LogP contribution in [0.25, 0.3) is 0 Å². The zero-order valence-corrected chi connectivity index (χ0v) is 9.36. The molecule has 0 amide bonds. The molecule has 1 unspecified atom stereocenters. The third-order valence-corrected chi connectivity index (χ3v) is 2.87. The van der Waals surface area contributed by atoms with Gasteiger partial charge in [0.1, 0.15) is 12.6 Å². The maximum Gasteiger partial charge on any atom is 0.303 e. The number of hydrogen-bond acceptors (Lipinski definition) is 2. The van der Waals surface area contributed by atoms with E-state index in [-0.39, 0.29) is 6.42 Å². The molecule has 2 N–H and O–H groups in total. The van der Waals surface area contributed by atoms with Gasteiger partial charge in [-0.1, -0.05) is 0 Å². The van der Waals surface area contributed by atoms with Crippen LogP contribution in [0.15, 0.2) is 0 Å². The summed E-state index contributed by atoms with van der Waals surface area (Å²) in [6, 6.07) is 0. The van der Waals surface area contributed by atoms with Crippen molar-refractivity contribution in [2.75, 3.05) is 26.7 Å². The van der Waals surface area contributed by atoms with Crippen LogP contribution in [-0.4, -0.2) is 53.5 Å². The number of hydrogen-bond donors (Lipinski definition) is 2. The highest BCUT2D eigenvalue weighted by Gasteiger charge is 2.21. The van der Waals surface area contributed by atoms with E-state index in [9.17, 15) is 9.90 Å². The minimum absolute atomic E-state index is 0.0502. The van der Waals surface area contributed by atoms with Gasteiger partial charge in [0, 0.05) is 6.42 Å². The Labute approximate surface area is 85.7 Å². The molecule has 0 bridgehead atoms. The predicted octanol–water partition coefficient (Wildman–Crippen LogP) is 0.698. The van der Waals surface area contributed by atoms with E-state index >= 15 is 0 Å². The van der Waals surface area contributed by atoms with Crippen molar-refractivity contribution in [3.63, 3.8) is 0 Å². The first kappa shape index (κ1) is 13.4. The van der Waals surface area contributed by atoms with Gasteiger partial charge in [-0.15, -0.1) is 0 Å². The van der Waals surface area contributed by atoms with Crippen LogP contribution in [0.1, 0.15) is 26.7 Å². The van der Waals surface area contributed by atoms with Crippen LogP contribution in [0.5, 0.6) is 0 Å². The van der Waals surface area contributed by atoms with Crippen LogP contribution in [0, 0.1) is 0 Å². The van der Waals surface area contributed by atoms with Crippen LogP contribution in [0.4, 0.5) is 0 Å². The number of aliphatic hydroxyl groups excluding tert-OH is 1. The molecule has 0 fully saturated rings. The van der Waals surface area contributed by atoms with Gasteiger partial charge in [0.15, 0.2) is 0 Å². The summed E-state index contributed by atoms with van der Waals surface area (Å²) in [5.74, 6) is -0.841. The molecule has 0 heterocycles. The number of nitrogens with zero attached hydrogens (tertiary/aromatic N) is 1. The number of carbonyl (C=O) groups is 1. The van der Waals surface area contributed by atoms with E-state index in [1.54, 1.807) is 0 Å². The highest BCUT2D eigenvalue weighted by atomic mass is 16.4. The normalized spacial score (nSPS) is 14.0. The first-order valence-electron chi connectivity index (χ1n) is 5.17. The lowest BCUT2D eigenvalue weighted by Gasteiger charge is -2.33. The largest absolute Gasteiger partial charge is 0.481 e. The number of rotatable bonds is 7. The summed E-state index contributed by atoms with van der Waals surface area (Å²) in [5, 5.41) is 18.1. The highest BCUT2D eigenvalue weighted by Crippen LogP contribution is 2.07. The minimum Gasteiger partial charge on any atom is -0.481 e. The lowest BCUT2D eigenvalue weighted by molar-refractivity contribution is -0.909. The third-order valence-electron chi connectivity index (χ3n) is 2.87. The lowest BCUT2D eigenvalue weighted by atomic mass is 10.1. The molecule has 1 atom stereocenters. The monoisotopic (exact) mass is 204 g/mol. The Bertz CT molecular complexity index is 178. The summed E-state index contributed by atoms with van der Waals surface area (Å²) >= 11 is 0. The second-order valence-corrected chi connectivity index (χ2v) is 4.02. The first-order chi connectivity index (χ1) is 6.43. The molecule has 0 aliphatic carbocycles. The number of quaternary nitrogens is 1. The SMILES string of the molecule is CC[N+](C)(CC)CC(O)CCC(=O)O. The van der Waals surface area contributed by atoms with Crippen LogP contribution in [0.2, 0.25) is 0 Å². The molecule has 84 valence electrons. The van der Waals surface area contributed by atoms with E-state index in [0.29, 0.717) is 13.0 Å². The summed E-state index contributed by atoms with van der Waals surface area (Å²) in [7, 11) is 2.07. The van der Waals surface area contributed by atoms with E-state index in [1.165, 1.54) is 0 Å². The summed E-state index contributed by atoms with van der Waals surface area (Å²) in [6.07, 6.45) is -0.103. The van der Waals surface area contributed by atoms with Gasteiger partial charge >= 0.3 is 5.97 Å². The van der Waals surface area contributed by atoms with Crippen molar-refractivity contribution in [3.05, 3.63) is 0 Å². The molecule has 0 aliphatic rings. The standard InChI is InChI=1S/C10H21NO3/c1-4-11(3,5-2)8-9(12)6-7-10(13)14/h9,12H,4-8H2,1-3H3/p+1. The van der Waals surface area contributed by atoms with Gasteiger partial charge in [-0.05, 0) is 20.3 Å². The van der Waals surface area contributed by atoms with Crippen LogP contribution in [-0.2, 0) is 4.79 Å². The van der Waals surface area contributed by atoms with Crippen molar-refractivity contribution in [1.29, 1.82) is 0 Å². The number of aliphatic hydroxyl groups is 1. The molecule has 0 spiro atoms. The minimum atomic E-state index is -0.841. The highest BCUT2D eigenvalue weighted by molar-refractivity contribution is 5.66. The van der Waals surface area contributed by atoms with Gasteiger partial charge in [-0.3, -0.25) is 4.79 Å². The zero-order chi connectivity index (χ0) is 11.2. The van der Waals surface area contributed by atoms with Gasteiger partial charge in [-0.25, -0.2) is 0 Å². The topological polar surface area (TPSA) is 57.5 Å². The van der Waals surface area contributed by atoms with E-state index in [1.807, 2.05) is 0 Å². The molecular formula is C10H22NO3+. The van der Waals surface area contributed by atoms with Crippen LogP contribution < -0.4 is 0 Å². The zero-order valence-electron chi connectivity index (χ0n) is 9.36. The Balaban J connectivity index is 3.90. The number of likely N-dealkylation sites (N-methyl/N-ethyl adjacent to an activating group) is 1. The second-order valence-electron chi connectivity index (χ2n) is 4.02. The Hall–Kier alpha value is -0.610. The fraction of sp³-hybridized carbons (Fsp3) is 0.900. The average molecular weight is 204 g/mol. The molecule has 0 saturated carbocycles. The van der Waals surface area contributed by atoms with E-state index in [2.05, 4.69) is 20.9 Å². The first-order valence-corrected chi connectivity index (χ1v) is 5.17. The van der Waals surface area contributed by atoms with Crippen molar-refractivity contribution in [3.8, 4) is 0 Å². The van der Waals surface area contributed by atoms with Crippen molar-refractivity contribution < 1.29 is 19.5 Å². The van der Waals surface area contributed by atoms with Gasteiger partial charge < -0.3 is 14.7 Å². The number of carboxylic acid groups (broad SMARTS) is 1. The molecule has 0 aromatic carbocycles. The fourth-order valence-corrected chi connectivity index (χ4v) is 1.37. The maximum absolute atomic E-state index is 10.3. The average Bonchev–Trinajstić information content (AvgIpc) is 2.14. The van der Waals surface area contributed by atoms with Gasteiger partial charge in [0.25, 0.3) is 0 Å². The Kier molecular flexibility index (Phi) is 5.72. The lowest BCUT2D eigenvalue weighted by Crippen LogP contribution is -2.48. The molecule has 0 rings (SSSR count). The van der Waals surface area contributed by atoms with E-state index < -0.39 is 12.1 Å². The quantitative estimate of drug-likeness (QED) is 0.600. The Morgan fingerprint density at radius 1 is 1.36 bits per heavy atom. The summed E-state index contributed by atoms with van der Waals surface area (Å²) in [5.41, 5.74) is 0. The summed E-state index contributed by atoms with van der Waals surface area (Å²) < 4.78 is 0.792. The van der Waals surface area contributed by atoms with Crippen LogP contribution in [0.3, 0.4) is 0 Å². The fourth-order valence-electron chi connectivity index (χ4n) is 1.37. The molecule has 0 aromatic heterocycles. The summed E-state index contributed by atoms with van der Waals surface area (Å²) in [6.45, 7) is 6.71. The van der Waals surface area contributed by atoms with Crippen molar-refractivity contribution >= 4 is 5.97 Å². The van der Waals surface area contributed by atoms with E-state index in [0.717, 1.165) is 17.6 Å². The predicted molar refractivity (Wildman–Crippen MR) is 55.0 cm³/mol. The smallest absolute Gasteiger partial charge is 0.303 e. The maximum atomic E-state index is 10.3. The molecule has 14 heavy (non-hydrogen) atoms. The van der Waals surface area contributed by atoms with E-state index in [4.69, 9.17) is 5.11 Å². The molecule has 4 heteroatoms. The van der Waals surface area contributed by atoms with Gasteiger partial charge in [-0.2, -0.15) is 0 Å². The van der Waals surface area contributed by atoms with Crippen molar-refractivity contribution in [1.82, 2.24) is 0 Å². The third kappa shape index (κ3) is 5.19. The van der Waals surface area contributed by atoms with Crippen LogP contribution >= 0.6 is 0 Å². The molecule has 4 nitrogen and oxygen atoms in total. The molecule has 0 saturated heterocycles. The van der Waals surface area contributed by atoms with Gasteiger partial charge in [0.2, 0.25) is 0 Å². The number of aliphatic carboxylic acids is 1. The number of carboxylic acids is 1. The Morgan fingerprint density at radius 3 is 2.21 bits per heavy atom. The van der Waals surface area contributed by atoms with Gasteiger partial charge in [0.05, 0.1) is 20.1 Å². The second kappa shape index (κ2) is 5.98. The Morgan fingerprint density at radius 2 is 1.86 bits per heavy atom. The van der Waals surface area contributed by atoms with Crippen molar-refractivity contribution in [2.24, 2.45) is 0 Å². The molecule has 0 aromatic rings. The van der Waals surface area contributed by atoms with Crippen molar-refractivity contribution in [2.45, 2.75) is 32.8 Å². The molecule has 0 radical (unpaired) electrons. The molecular weight excluding hydrogens is 182 g/mol. The summed E-state index contributed by atoms with van der Waals surface area (Å²) in [4.78, 5) is 10.3.